The van der Waals surface area contributed by atoms with Crippen molar-refractivity contribution < 1.29 is 13.9 Å². The van der Waals surface area contributed by atoms with Crippen LogP contribution in [-0.2, 0) is 16.0 Å². The van der Waals surface area contributed by atoms with Gasteiger partial charge in [-0.25, -0.2) is 4.39 Å². The smallest absolute Gasteiger partial charge is 0.230 e. The molecule has 0 aromatic heterocycles. The monoisotopic (exact) mass is 409 g/mol. The van der Waals surface area contributed by atoms with Crippen molar-refractivity contribution in [3.8, 4) is 5.75 Å². The molecular formula is C21H25ClFNO2S. The molecule has 0 aliphatic heterocycles. The fraction of sp³-hybridized carbons (Fsp3) is 0.381. The highest BCUT2D eigenvalue weighted by molar-refractivity contribution is 7.99. The molecule has 1 amide bonds. The summed E-state index contributed by atoms with van der Waals surface area (Å²) in [5, 5.41) is 3.17. The van der Waals surface area contributed by atoms with Gasteiger partial charge in [0.2, 0.25) is 5.91 Å². The number of carbonyl (C=O) groups excluding carboxylic acids is 1. The van der Waals surface area contributed by atoms with E-state index in [1.54, 1.807) is 12.1 Å². The van der Waals surface area contributed by atoms with Gasteiger partial charge >= 0.3 is 0 Å². The number of thioether (sulfide) groups is 1. The van der Waals surface area contributed by atoms with Crippen LogP contribution >= 0.6 is 23.4 Å². The first-order valence-corrected chi connectivity index (χ1v) is 10.3. The minimum Gasteiger partial charge on any atom is -0.492 e. The Morgan fingerprint density at radius 2 is 1.89 bits per heavy atom. The van der Waals surface area contributed by atoms with Crippen LogP contribution in [0, 0.1) is 5.82 Å². The normalized spacial score (nSPS) is 11.3. The van der Waals surface area contributed by atoms with Crippen LogP contribution < -0.4 is 10.1 Å². The van der Waals surface area contributed by atoms with Crippen molar-refractivity contribution in [2.45, 2.75) is 31.9 Å². The number of carbonyl (C=O) groups is 1. The molecule has 0 fully saturated rings. The highest BCUT2D eigenvalue weighted by Crippen LogP contribution is 2.24. The summed E-state index contributed by atoms with van der Waals surface area (Å²) in [6.45, 7) is 7.32. The Labute approximate surface area is 169 Å². The molecule has 2 aromatic rings. The Bertz CT molecular complexity index is 760. The first-order chi connectivity index (χ1) is 12.8. The Morgan fingerprint density at radius 3 is 2.52 bits per heavy atom. The van der Waals surface area contributed by atoms with Crippen molar-refractivity contribution in [3.63, 3.8) is 0 Å². The van der Waals surface area contributed by atoms with Gasteiger partial charge in [0, 0.05) is 10.8 Å². The molecule has 0 saturated heterocycles. The summed E-state index contributed by atoms with van der Waals surface area (Å²) in [6.07, 6.45) is 0. The van der Waals surface area contributed by atoms with Crippen molar-refractivity contribution in [2.24, 2.45) is 0 Å². The molecule has 0 heterocycles. The number of ether oxygens (including phenoxy) is 1. The molecule has 0 unspecified atom stereocenters. The van der Waals surface area contributed by atoms with Gasteiger partial charge in [-0.15, -0.1) is 11.8 Å². The van der Waals surface area contributed by atoms with Gasteiger partial charge in [-0.2, -0.15) is 0 Å². The number of halogens is 2. The zero-order valence-corrected chi connectivity index (χ0v) is 17.4. The lowest BCUT2D eigenvalue weighted by Gasteiger charge is -2.19. The summed E-state index contributed by atoms with van der Waals surface area (Å²) in [4.78, 5) is 11.8. The van der Waals surface area contributed by atoms with Crippen LogP contribution in [0.1, 0.15) is 31.9 Å². The average molecular weight is 410 g/mol. The van der Waals surface area contributed by atoms with Crippen LogP contribution in [0.15, 0.2) is 42.5 Å². The standard InChI is InChI=1S/C21H25ClFNO2S/c1-21(2,3)16-5-8-18(9-6-16)26-11-10-24-20(25)14-27-13-15-4-7-17(22)12-19(15)23/h4-9,12H,10-11,13-14H2,1-3H3,(H,24,25). The number of hydrogen-bond donors (Lipinski definition) is 1. The highest BCUT2D eigenvalue weighted by Gasteiger charge is 2.13. The molecular weight excluding hydrogens is 385 g/mol. The van der Waals surface area contributed by atoms with E-state index in [0.717, 1.165) is 5.75 Å². The van der Waals surface area contributed by atoms with Crippen LogP contribution in [0.25, 0.3) is 0 Å². The van der Waals surface area contributed by atoms with Gasteiger partial charge in [0.15, 0.2) is 0 Å². The minimum absolute atomic E-state index is 0.0962. The van der Waals surface area contributed by atoms with E-state index in [9.17, 15) is 9.18 Å². The lowest BCUT2D eigenvalue weighted by Crippen LogP contribution is -2.29. The van der Waals surface area contributed by atoms with E-state index in [2.05, 4.69) is 38.2 Å². The van der Waals surface area contributed by atoms with Gasteiger partial charge in [0.05, 0.1) is 12.3 Å². The highest BCUT2D eigenvalue weighted by atomic mass is 35.5. The van der Waals surface area contributed by atoms with Gasteiger partial charge in [0.1, 0.15) is 18.2 Å². The van der Waals surface area contributed by atoms with E-state index in [-0.39, 0.29) is 22.9 Å². The number of rotatable bonds is 8. The average Bonchev–Trinajstić information content (AvgIpc) is 2.60. The third kappa shape index (κ3) is 7.43. The second-order valence-corrected chi connectivity index (χ2v) is 8.62. The zero-order valence-electron chi connectivity index (χ0n) is 15.9. The minimum atomic E-state index is -0.346. The van der Waals surface area contributed by atoms with Crippen LogP contribution in [0.2, 0.25) is 5.02 Å². The predicted molar refractivity (Wildman–Crippen MR) is 111 cm³/mol. The van der Waals surface area contributed by atoms with Crippen molar-refractivity contribution in [3.05, 3.63) is 64.4 Å². The number of hydrogen-bond acceptors (Lipinski definition) is 3. The van der Waals surface area contributed by atoms with E-state index in [1.807, 2.05) is 12.1 Å². The topological polar surface area (TPSA) is 38.3 Å². The lowest BCUT2D eigenvalue weighted by molar-refractivity contribution is -0.118. The van der Waals surface area contributed by atoms with E-state index in [4.69, 9.17) is 16.3 Å². The summed E-state index contributed by atoms with van der Waals surface area (Å²) in [7, 11) is 0. The number of nitrogens with one attached hydrogen (secondary N) is 1. The molecule has 0 spiro atoms. The number of benzene rings is 2. The first kappa shape index (κ1) is 21.6. The second-order valence-electron chi connectivity index (χ2n) is 7.20. The molecule has 6 heteroatoms. The molecule has 0 radical (unpaired) electrons. The Morgan fingerprint density at radius 1 is 1.19 bits per heavy atom. The fourth-order valence-electron chi connectivity index (χ4n) is 2.35. The van der Waals surface area contributed by atoms with E-state index < -0.39 is 0 Å². The zero-order chi connectivity index (χ0) is 19.9. The summed E-state index contributed by atoms with van der Waals surface area (Å²) in [5.41, 5.74) is 1.90. The lowest BCUT2D eigenvalue weighted by atomic mass is 9.87. The molecule has 0 bridgehead atoms. The van der Waals surface area contributed by atoms with Crippen molar-refractivity contribution in [2.75, 3.05) is 18.9 Å². The van der Waals surface area contributed by atoms with Crippen LogP contribution in [0.5, 0.6) is 5.75 Å². The van der Waals surface area contributed by atoms with Gasteiger partial charge in [0.25, 0.3) is 0 Å². The van der Waals surface area contributed by atoms with Gasteiger partial charge in [-0.1, -0.05) is 50.6 Å². The molecule has 0 atom stereocenters. The first-order valence-electron chi connectivity index (χ1n) is 8.77. The van der Waals surface area contributed by atoms with Crippen LogP contribution in [0.3, 0.4) is 0 Å². The Kier molecular flexibility index (Phi) is 7.99. The molecule has 2 rings (SSSR count). The van der Waals surface area contributed by atoms with Gasteiger partial charge in [-0.3, -0.25) is 4.79 Å². The molecule has 2 aromatic carbocycles. The largest absolute Gasteiger partial charge is 0.492 e. The summed E-state index contributed by atoms with van der Waals surface area (Å²) in [6, 6.07) is 12.6. The SMILES string of the molecule is CC(C)(C)c1ccc(OCCNC(=O)CSCc2ccc(Cl)cc2F)cc1. The third-order valence-electron chi connectivity index (χ3n) is 3.92. The second kappa shape index (κ2) is 10.00. The molecule has 3 nitrogen and oxygen atoms in total. The van der Waals surface area contributed by atoms with Crippen LogP contribution in [0.4, 0.5) is 4.39 Å². The predicted octanol–water partition coefficient (Wildman–Crippen LogP) is 5.21. The Hall–Kier alpha value is -1.72. The Balaban J connectivity index is 1.63. The van der Waals surface area contributed by atoms with Crippen molar-refractivity contribution in [1.29, 1.82) is 0 Å². The van der Waals surface area contributed by atoms with E-state index in [1.165, 1.54) is 23.4 Å². The molecule has 0 aliphatic rings. The van der Waals surface area contributed by atoms with E-state index >= 15 is 0 Å². The van der Waals surface area contributed by atoms with Crippen LogP contribution in [-0.4, -0.2) is 24.8 Å². The maximum Gasteiger partial charge on any atom is 0.230 e. The molecule has 0 saturated carbocycles. The summed E-state index contributed by atoms with van der Waals surface area (Å²) in [5.74, 6) is 1.03. The maximum absolute atomic E-state index is 13.7. The van der Waals surface area contributed by atoms with Crippen molar-refractivity contribution >= 4 is 29.3 Å². The van der Waals surface area contributed by atoms with E-state index in [0.29, 0.717) is 29.5 Å². The molecule has 1 N–H and O–H groups in total. The van der Waals surface area contributed by atoms with Gasteiger partial charge in [-0.05, 0) is 40.8 Å². The maximum atomic E-state index is 13.7. The fourth-order valence-corrected chi connectivity index (χ4v) is 3.36. The molecule has 146 valence electrons. The molecule has 27 heavy (non-hydrogen) atoms. The van der Waals surface area contributed by atoms with Gasteiger partial charge < -0.3 is 10.1 Å². The summed E-state index contributed by atoms with van der Waals surface area (Å²) >= 11 is 7.08. The molecule has 0 aliphatic carbocycles. The number of amides is 1. The summed E-state index contributed by atoms with van der Waals surface area (Å²) < 4.78 is 19.3. The quantitative estimate of drug-likeness (QED) is 0.608. The van der Waals surface area contributed by atoms with Crippen molar-refractivity contribution in [1.82, 2.24) is 5.32 Å². The third-order valence-corrected chi connectivity index (χ3v) is 5.14.